The van der Waals surface area contributed by atoms with Gasteiger partial charge in [-0.3, -0.25) is 0 Å². The van der Waals surface area contributed by atoms with Crippen molar-refractivity contribution in [3.63, 3.8) is 0 Å². The molecule has 0 unspecified atom stereocenters. The third-order valence-corrected chi connectivity index (χ3v) is 0.992. The third-order valence-electron chi connectivity index (χ3n) is 0.992. The van der Waals surface area contributed by atoms with Crippen molar-refractivity contribution in [2.24, 2.45) is 0 Å². The highest BCUT2D eigenvalue weighted by atomic mass is 27.0. The minimum atomic E-state index is -1.07. The van der Waals surface area contributed by atoms with Crippen molar-refractivity contribution in [1.29, 1.82) is 0 Å². The van der Waals surface area contributed by atoms with E-state index in [1.54, 1.807) is 0 Å². The lowest BCUT2D eigenvalue weighted by atomic mass is 10.3. The van der Waals surface area contributed by atoms with Gasteiger partial charge in [0.15, 0.2) is 17.4 Å². The lowest BCUT2D eigenvalue weighted by Crippen LogP contribution is -1.95. The Labute approximate surface area is 73.6 Å². The van der Waals surface area contributed by atoms with E-state index in [0.29, 0.717) is 0 Å². The minimum absolute atomic E-state index is 0. The Balaban J connectivity index is 0.000001000. The second-order valence-corrected chi connectivity index (χ2v) is 1.71. The normalized spacial score (nSPS) is 8.36. The van der Waals surface area contributed by atoms with Gasteiger partial charge < -0.3 is 10.2 Å². The second kappa shape index (κ2) is 3.96. The summed E-state index contributed by atoms with van der Waals surface area (Å²) in [4.78, 5) is 13.6. The molecule has 0 aliphatic carbocycles. The maximum absolute atomic E-state index is 10.2. The summed E-state index contributed by atoms with van der Waals surface area (Å²) in [6.45, 7) is 0. The monoisotopic (exact) mass is 169 g/mol. The molecule has 0 bridgehead atoms. The van der Waals surface area contributed by atoms with Gasteiger partial charge in [-0.2, -0.15) is 0 Å². The summed E-state index contributed by atoms with van der Waals surface area (Å²) in [5.74, 6) is -1.35. The van der Waals surface area contributed by atoms with Crippen molar-refractivity contribution in [2.75, 3.05) is 0 Å². The van der Waals surface area contributed by atoms with E-state index in [1.807, 2.05) is 0 Å². The first kappa shape index (κ1) is 9.95. The van der Waals surface area contributed by atoms with Gasteiger partial charge >= 0.3 is 5.97 Å². The summed E-state index contributed by atoms with van der Waals surface area (Å²) in [5, 5.41) is 17.1. The fourth-order valence-electron chi connectivity index (χ4n) is 0.551. The second-order valence-electron chi connectivity index (χ2n) is 1.71. The highest BCUT2D eigenvalue weighted by molar-refractivity contribution is 5.87. The number of nitrogens with zero attached hydrogens (tertiary/aromatic N) is 1. The van der Waals surface area contributed by atoms with Crippen molar-refractivity contribution in [1.82, 2.24) is 4.98 Å². The Hall–Kier alpha value is -1.05. The van der Waals surface area contributed by atoms with Crippen molar-refractivity contribution in [3.8, 4) is 5.88 Å². The van der Waals surface area contributed by atoms with Crippen molar-refractivity contribution in [2.45, 2.75) is 0 Å². The molecule has 1 rings (SSSR count). The molecule has 0 fully saturated rings. The van der Waals surface area contributed by atoms with Gasteiger partial charge in [0.05, 0.1) is 5.56 Å². The highest BCUT2D eigenvalue weighted by Crippen LogP contribution is 2.05. The van der Waals surface area contributed by atoms with Gasteiger partial charge in [-0.05, 0) is 6.07 Å². The standard InChI is InChI=1S/C6H5NO3.Al.3H/c8-5-3-4(6(9)10)1-2-7-5;;;;/h1-3H,(H,7,8)(H,9,10);;;;. The summed E-state index contributed by atoms with van der Waals surface area (Å²) >= 11 is 0. The van der Waals surface area contributed by atoms with E-state index in [2.05, 4.69) is 4.98 Å². The number of aromatic hydroxyl groups is 1. The van der Waals surface area contributed by atoms with Gasteiger partial charge in [-0.25, -0.2) is 9.78 Å². The van der Waals surface area contributed by atoms with E-state index < -0.39 is 5.97 Å². The molecule has 0 radical (unpaired) electrons. The smallest absolute Gasteiger partial charge is 0.335 e. The zero-order valence-corrected chi connectivity index (χ0v) is 4.98. The van der Waals surface area contributed by atoms with Crippen LogP contribution in [0.3, 0.4) is 0 Å². The molecule has 1 aromatic rings. The molecular formula is C6H8AlNO3. The first-order valence-electron chi connectivity index (χ1n) is 2.58. The Morgan fingerprint density at radius 3 is 2.55 bits per heavy atom. The SMILES string of the molecule is O=C(O)c1ccnc(O)c1.[AlH3]. The van der Waals surface area contributed by atoms with E-state index in [1.165, 1.54) is 12.3 Å². The van der Waals surface area contributed by atoms with Crippen LogP contribution in [0.1, 0.15) is 10.4 Å². The lowest BCUT2D eigenvalue weighted by molar-refractivity contribution is 0.0696. The van der Waals surface area contributed by atoms with Crippen LogP contribution in [0.5, 0.6) is 5.88 Å². The molecule has 5 heteroatoms. The lowest BCUT2D eigenvalue weighted by Gasteiger charge is -1.91. The first-order chi connectivity index (χ1) is 4.70. The fraction of sp³-hybridized carbons (Fsp3) is 0. The summed E-state index contributed by atoms with van der Waals surface area (Å²) in [5.41, 5.74) is 0.0347. The average molecular weight is 169 g/mol. The van der Waals surface area contributed by atoms with Crippen LogP contribution in [0.25, 0.3) is 0 Å². The average Bonchev–Trinajstić information content (AvgIpc) is 1.88. The molecule has 0 spiro atoms. The van der Waals surface area contributed by atoms with Crippen molar-refractivity contribution < 1.29 is 15.0 Å². The van der Waals surface area contributed by atoms with E-state index in [0.717, 1.165) is 6.07 Å². The summed E-state index contributed by atoms with van der Waals surface area (Å²) in [6, 6.07) is 2.39. The largest absolute Gasteiger partial charge is 0.493 e. The molecule has 11 heavy (non-hydrogen) atoms. The van der Waals surface area contributed by atoms with Gasteiger partial charge in [0, 0.05) is 12.3 Å². The number of hydrogen-bond donors (Lipinski definition) is 2. The molecule has 58 valence electrons. The third kappa shape index (κ3) is 2.58. The van der Waals surface area contributed by atoms with Crippen LogP contribution in [0.15, 0.2) is 18.3 Å². The molecule has 0 aliphatic rings. The summed E-state index contributed by atoms with van der Waals surface area (Å²) in [6.07, 6.45) is 1.23. The number of aromatic carboxylic acids is 1. The Morgan fingerprint density at radius 1 is 1.55 bits per heavy atom. The Morgan fingerprint density at radius 2 is 2.18 bits per heavy atom. The van der Waals surface area contributed by atoms with E-state index in [-0.39, 0.29) is 28.8 Å². The quantitative estimate of drug-likeness (QED) is 0.545. The molecule has 0 aromatic carbocycles. The van der Waals surface area contributed by atoms with Crippen LogP contribution in [-0.4, -0.2) is 38.5 Å². The predicted octanol–water partition coefficient (Wildman–Crippen LogP) is -0.699. The van der Waals surface area contributed by atoms with Crippen molar-refractivity contribution >= 4 is 23.3 Å². The molecule has 2 N–H and O–H groups in total. The summed E-state index contributed by atoms with van der Waals surface area (Å²) in [7, 11) is 0. The molecule has 1 heterocycles. The number of carbonyl (C=O) groups is 1. The maximum atomic E-state index is 10.2. The molecule has 0 aliphatic heterocycles. The zero-order chi connectivity index (χ0) is 7.56. The van der Waals surface area contributed by atoms with Crippen LogP contribution in [0.4, 0.5) is 0 Å². The van der Waals surface area contributed by atoms with Gasteiger partial charge in [0.1, 0.15) is 0 Å². The fourth-order valence-corrected chi connectivity index (χ4v) is 0.551. The molecule has 0 atom stereocenters. The topological polar surface area (TPSA) is 70.4 Å². The highest BCUT2D eigenvalue weighted by Gasteiger charge is 2.01. The Bertz CT molecular complexity index is 264. The number of rotatable bonds is 1. The summed E-state index contributed by atoms with van der Waals surface area (Å²) < 4.78 is 0. The van der Waals surface area contributed by atoms with Crippen molar-refractivity contribution in [3.05, 3.63) is 23.9 Å². The Kier molecular flexibility index (Phi) is 3.59. The first-order valence-corrected chi connectivity index (χ1v) is 2.58. The number of pyridine rings is 1. The molecule has 1 aromatic heterocycles. The maximum Gasteiger partial charge on any atom is 0.335 e. The van der Waals surface area contributed by atoms with Gasteiger partial charge in [0.25, 0.3) is 0 Å². The molecule has 0 saturated carbocycles. The minimum Gasteiger partial charge on any atom is -0.493 e. The zero-order valence-electron chi connectivity index (χ0n) is 4.98. The predicted molar refractivity (Wildman–Crippen MR) is 42.8 cm³/mol. The van der Waals surface area contributed by atoms with Gasteiger partial charge in [-0.1, -0.05) is 0 Å². The van der Waals surface area contributed by atoms with Crippen LogP contribution in [0.2, 0.25) is 0 Å². The van der Waals surface area contributed by atoms with E-state index in [9.17, 15) is 4.79 Å². The number of hydrogen-bond acceptors (Lipinski definition) is 3. The number of carboxylic acids is 1. The molecule has 0 amide bonds. The van der Waals surface area contributed by atoms with E-state index in [4.69, 9.17) is 10.2 Å². The van der Waals surface area contributed by atoms with Crippen LogP contribution in [0, 0.1) is 0 Å². The molecule has 4 nitrogen and oxygen atoms in total. The number of carboxylic acid groups (broad SMARTS) is 1. The molecular weight excluding hydrogens is 161 g/mol. The van der Waals surface area contributed by atoms with Crippen LogP contribution >= 0.6 is 0 Å². The van der Waals surface area contributed by atoms with Gasteiger partial charge in [-0.15, -0.1) is 0 Å². The van der Waals surface area contributed by atoms with E-state index >= 15 is 0 Å². The van der Waals surface area contributed by atoms with Crippen LogP contribution < -0.4 is 0 Å². The molecule has 0 saturated heterocycles. The van der Waals surface area contributed by atoms with Gasteiger partial charge in [0.2, 0.25) is 5.88 Å². The number of aromatic nitrogens is 1. The van der Waals surface area contributed by atoms with Crippen LogP contribution in [-0.2, 0) is 0 Å².